The molecule has 0 aliphatic rings. The molecule has 1 aromatic heterocycles. The smallest absolute Gasteiger partial charge is 0.374 e. The zero-order valence-electron chi connectivity index (χ0n) is 9.85. The minimum absolute atomic E-state index is 0.161. The maximum atomic E-state index is 13.9. The van der Waals surface area contributed by atoms with E-state index in [0.717, 1.165) is 0 Å². The summed E-state index contributed by atoms with van der Waals surface area (Å²) in [5.74, 6) is -2.04. The van der Waals surface area contributed by atoms with Crippen molar-refractivity contribution < 1.29 is 18.8 Å². The molecule has 0 saturated carbocycles. The third-order valence-electron chi connectivity index (χ3n) is 2.45. The average molecular weight is 250 g/mol. The fraction of sp³-hybridized carbons (Fsp3) is 0.167. The van der Waals surface area contributed by atoms with Crippen LogP contribution in [-0.2, 0) is 0 Å². The SMILES string of the molecule is CN(C)c1cccc(F)c1-c1cc(C(=O)O)on1. The van der Waals surface area contributed by atoms with Crippen LogP contribution in [0.25, 0.3) is 11.3 Å². The van der Waals surface area contributed by atoms with Gasteiger partial charge in [-0.3, -0.25) is 0 Å². The molecule has 0 atom stereocenters. The molecule has 0 aliphatic heterocycles. The van der Waals surface area contributed by atoms with Gasteiger partial charge in [-0.15, -0.1) is 0 Å². The lowest BCUT2D eigenvalue weighted by Gasteiger charge is -2.16. The van der Waals surface area contributed by atoms with Crippen molar-refractivity contribution >= 4 is 11.7 Å². The summed E-state index contributed by atoms with van der Waals surface area (Å²) >= 11 is 0. The van der Waals surface area contributed by atoms with Crippen molar-refractivity contribution in [2.45, 2.75) is 0 Å². The van der Waals surface area contributed by atoms with Gasteiger partial charge >= 0.3 is 5.97 Å². The van der Waals surface area contributed by atoms with Crippen LogP contribution in [0.1, 0.15) is 10.6 Å². The molecule has 2 rings (SSSR count). The van der Waals surface area contributed by atoms with Crippen molar-refractivity contribution in [2.75, 3.05) is 19.0 Å². The molecule has 1 aromatic carbocycles. The van der Waals surface area contributed by atoms with Crippen molar-refractivity contribution in [3.63, 3.8) is 0 Å². The Balaban J connectivity index is 2.58. The fourth-order valence-electron chi connectivity index (χ4n) is 1.63. The molecule has 5 nitrogen and oxygen atoms in total. The van der Waals surface area contributed by atoms with Crippen LogP contribution in [0, 0.1) is 5.82 Å². The van der Waals surface area contributed by atoms with E-state index < -0.39 is 11.8 Å². The normalized spacial score (nSPS) is 10.4. The Labute approximate surface area is 102 Å². The number of aromatic carboxylic acids is 1. The first kappa shape index (κ1) is 12.1. The van der Waals surface area contributed by atoms with E-state index in [1.54, 1.807) is 31.1 Å². The molecule has 0 amide bonds. The maximum Gasteiger partial charge on any atom is 0.374 e. The number of benzene rings is 1. The van der Waals surface area contributed by atoms with Gasteiger partial charge in [-0.05, 0) is 12.1 Å². The molecule has 0 saturated heterocycles. The predicted molar refractivity (Wildman–Crippen MR) is 63.2 cm³/mol. The van der Waals surface area contributed by atoms with E-state index >= 15 is 0 Å². The van der Waals surface area contributed by atoms with E-state index in [2.05, 4.69) is 9.68 Å². The summed E-state index contributed by atoms with van der Waals surface area (Å²) in [6, 6.07) is 5.78. The highest BCUT2D eigenvalue weighted by Crippen LogP contribution is 2.31. The number of hydrogen-bond acceptors (Lipinski definition) is 4. The van der Waals surface area contributed by atoms with Gasteiger partial charge in [0.1, 0.15) is 11.5 Å². The van der Waals surface area contributed by atoms with Crippen LogP contribution in [-0.4, -0.2) is 30.3 Å². The zero-order valence-corrected chi connectivity index (χ0v) is 9.85. The number of nitrogens with zero attached hydrogens (tertiary/aromatic N) is 2. The Bertz CT molecular complexity index is 593. The van der Waals surface area contributed by atoms with Gasteiger partial charge in [0.2, 0.25) is 5.76 Å². The van der Waals surface area contributed by atoms with Crippen molar-refractivity contribution in [2.24, 2.45) is 0 Å². The minimum Gasteiger partial charge on any atom is -0.475 e. The molecule has 94 valence electrons. The topological polar surface area (TPSA) is 66.6 Å². The van der Waals surface area contributed by atoms with Crippen LogP contribution in [0.2, 0.25) is 0 Å². The average Bonchev–Trinajstić information content (AvgIpc) is 2.77. The first-order chi connectivity index (χ1) is 8.50. The van der Waals surface area contributed by atoms with Crippen LogP contribution < -0.4 is 4.90 Å². The van der Waals surface area contributed by atoms with Gasteiger partial charge in [-0.25, -0.2) is 9.18 Å². The first-order valence-electron chi connectivity index (χ1n) is 5.17. The third kappa shape index (κ3) is 2.04. The molecule has 0 fully saturated rings. The Hall–Kier alpha value is -2.37. The van der Waals surface area contributed by atoms with Crippen LogP contribution in [0.4, 0.5) is 10.1 Å². The summed E-state index contributed by atoms with van der Waals surface area (Å²) in [7, 11) is 3.52. The van der Waals surface area contributed by atoms with E-state index in [4.69, 9.17) is 5.11 Å². The predicted octanol–water partition coefficient (Wildman–Crippen LogP) is 2.24. The number of anilines is 1. The molecule has 0 unspecified atom stereocenters. The first-order valence-corrected chi connectivity index (χ1v) is 5.17. The number of carbonyl (C=O) groups is 1. The lowest BCUT2D eigenvalue weighted by atomic mass is 10.1. The molecule has 0 radical (unpaired) electrons. The Morgan fingerprint density at radius 2 is 2.17 bits per heavy atom. The molecule has 1 N–H and O–H groups in total. The van der Waals surface area contributed by atoms with Gasteiger partial charge in [0.15, 0.2) is 0 Å². The van der Waals surface area contributed by atoms with Gasteiger partial charge in [0.05, 0.1) is 5.56 Å². The minimum atomic E-state index is -1.24. The number of carboxylic acid groups (broad SMARTS) is 1. The number of rotatable bonds is 3. The second kappa shape index (κ2) is 4.48. The third-order valence-corrected chi connectivity index (χ3v) is 2.45. The summed E-state index contributed by atoms with van der Waals surface area (Å²) < 4.78 is 18.5. The van der Waals surface area contributed by atoms with Crippen molar-refractivity contribution in [3.8, 4) is 11.3 Å². The van der Waals surface area contributed by atoms with Gasteiger partial charge in [-0.2, -0.15) is 0 Å². The van der Waals surface area contributed by atoms with Crippen LogP contribution >= 0.6 is 0 Å². The molecule has 6 heteroatoms. The van der Waals surface area contributed by atoms with E-state index in [0.29, 0.717) is 5.69 Å². The molecular formula is C12H11FN2O3. The zero-order chi connectivity index (χ0) is 13.3. The maximum absolute atomic E-state index is 13.9. The summed E-state index contributed by atoms with van der Waals surface area (Å²) in [4.78, 5) is 12.4. The number of hydrogen-bond donors (Lipinski definition) is 1. The van der Waals surface area contributed by atoms with E-state index in [9.17, 15) is 9.18 Å². The van der Waals surface area contributed by atoms with Crippen LogP contribution in [0.15, 0.2) is 28.8 Å². The molecule has 0 aliphatic carbocycles. The van der Waals surface area contributed by atoms with Crippen LogP contribution in [0.3, 0.4) is 0 Å². The molecule has 1 heterocycles. The van der Waals surface area contributed by atoms with Gasteiger partial charge in [0, 0.05) is 25.8 Å². The monoisotopic (exact) mass is 250 g/mol. The molecule has 2 aromatic rings. The number of carboxylic acids is 1. The standard InChI is InChI=1S/C12H11FN2O3/c1-15(2)9-5-3-4-7(13)11(9)8-6-10(12(16)17)18-14-8/h3-6H,1-2H3,(H,16,17). The largest absolute Gasteiger partial charge is 0.475 e. The second-order valence-electron chi connectivity index (χ2n) is 3.91. The highest BCUT2D eigenvalue weighted by molar-refractivity contribution is 5.87. The van der Waals surface area contributed by atoms with Crippen molar-refractivity contribution in [1.82, 2.24) is 5.16 Å². The quantitative estimate of drug-likeness (QED) is 0.904. The number of aromatic nitrogens is 1. The van der Waals surface area contributed by atoms with Gasteiger partial charge in [0.25, 0.3) is 0 Å². The van der Waals surface area contributed by atoms with Crippen LogP contribution in [0.5, 0.6) is 0 Å². The van der Waals surface area contributed by atoms with Gasteiger partial charge in [-0.1, -0.05) is 11.2 Å². The summed E-state index contributed by atoms with van der Waals surface area (Å²) in [6.07, 6.45) is 0. The van der Waals surface area contributed by atoms with Gasteiger partial charge < -0.3 is 14.5 Å². The lowest BCUT2D eigenvalue weighted by molar-refractivity contribution is 0.0652. The lowest BCUT2D eigenvalue weighted by Crippen LogP contribution is -2.10. The molecule has 0 spiro atoms. The molecular weight excluding hydrogens is 239 g/mol. The Morgan fingerprint density at radius 1 is 1.44 bits per heavy atom. The summed E-state index contributed by atoms with van der Waals surface area (Å²) in [5.41, 5.74) is 0.980. The summed E-state index contributed by atoms with van der Waals surface area (Å²) in [5, 5.41) is 12.3. The summed E-state index contributed by atoms with van der Waals surface area (Å²) in [6.45, 7) is 0. The molecule has 0 bridgehead atoms. The van der Waals surface area contributed by atoms with E-state index in [1.165, 1.54) is 12.1 Å². The fourth-order valence-corrected chi connectivity index (χ4v) is 1.63. The Morgan fingerprint density at radius 3 is 2.72 bits per heavy atom. The highest BCUT2D eigenvalue weighted by atomic mass is 19.1. The Kier molecular flexibility index (Phi) is 3.01. The van der Waals surface area contributed by atoms with Crippen molar-refractivity contribution in [1.29, 1.82) is 0 Å². The second-order valence-corrected chi connectivity index (χ2v) is 3.91. The van der Waals surface area contributed by atoms with E-state index in [-0.39, 0.29) is 17.0 Å². The number of halogens is 1. The van der Waals surface area contributed by atoms with E-state index in [1.807, 2.05) is 0 Å². The molecule has 18 heavy (non-hydrogen) atoms. The highest BCUT2D eigenvalue weighted by Gasteiger charge is 2.18. The van der Waals surface area contributed by atoms with Crippen molar-refractivity contribution in [3.05, 3.63) is 35.8 Å².